The van der Waals surface area contributed by atoms with Crippen molar-refractivity contribution in [1.82, 2.24) is 14.5 Å². The van der Waals surface area contributed by atoms with Gasteiger partial charge >= 0.3 is 5.69 Å². The summed E-state index contributed by atoms with van der Waals surface area (Å²) in [4.78, 5) is 35.7. The number of nitrogens with one attached hydrogen (secondary N) is 1. The molecule has 0 unspecified atom stereocenters. The number of hydrogen-bond acceptors (Lipinski definition) is 5. The van der Waals surface area contributed by atoms with Crippen LogP contribution in [0.25, 0.3) is 6.08 Å². The van der Waals surface area contributed by atoms with Crippen molar-refractivity contribution in [2.75, 3.05) is 13.2 Å². The van der Waals surface area contributed by atoms with Crippen molar-refractivity contribution in [3.8, 4) is 11.5 Å². The molecule has 2 heterocycles. The Morgan fingerprint density at radius 1 is 1.31 bits per heavy atom. The first-order valence-corrected chi connectivity index (χ1v) is 9.34. The first kappa shape index (κ1) is 20.4. The zero-order valence-electron chi connectivity index (χ0n) is 17.0. The van der Waals surface area contributed by atoms with Crippen LogP contribution in [0.15, 0.2) is 40.1 Å². The van der Waals surface area contributed by atoms with Crippen LogP contribution in [-0.2, 0) is 25.3 Å². The van der Waals surface area contributed by atoms with E-state index in [0.29, 0.717) is 12.3 Å². The largest absolute Gasteiger partial charge is 0.488 e. The Balaban J connectivity index is 1.53. The van der Waals surface area contributed by atoms with Gasteiger partial charge < -0.3 is 19.4 Å². The van der Waals surface area contributed by atoms with E-state index in [1.54, 1.807) is 7.05 Å². The molecule has 0 atom stereocenters. The fourth-order valence-electron chi connectivity index (χ4n) is 3.21. The number of rotatable bonds is 6. The van der Waals surface area contributed by atoms with Crippen LogP contribution in [0.5, 0.6) is 11.5 Å². The van der Waals surface area contributed by atoms with E-state index in [9.17, 15) is 14.4 Å². The summed E-state index contributed by atoms with van der Waals surface area (Å²) in [6.07, 6.45) is 4.87. The van der Waals surface area contributed by atoms with Gasteiger partial charge in [0.15, 0.2) is 11.5 Å². The molecule has 29 heavy (non-hydrogen) atoms. The van der Waals surface area contributed by atoms with E-state index in [-0.39, 0.29) is 23.7 Å². The van der Waals surface area contributed by atoms with Crippen LogP contribution >= 0.6 is 0 Å². The molecule has 0 saturated heterocycles. The summed E-state index contributed by atoms with van der Waals surface area (Å²) in [7, 11) is 2.94. The van der Waals surface area contributed by atoms with Gasteiger partial charge in [-0.15, -0.1) is 0 Å². The predicted octanol–water partition coefficient (Wildman–Crippen LogP) is 1.01. The van der Waals surface area contributed by atoms with E-state index < -0.39 is 11.2 Å². The van der Waals surface area contributed by atoms with Gasteiger partial charge in [0.2, 0.25) is 5.91 Å². The number of hydrogen-bond donors (Lipinski definition) is 1. The average molecular weight is 399 g/mol. The molecule has 8 nitrogen and oxygen atoms in total. The molecular formula is C21H25N3O5. The second-order valence-corrected chi connectivity index (χ2v) is 7.60. The first-order valence-electron chi connectivity index (χ1n) is 9.34. The highest BCUT2D eigenvalue weighted by Crippen LogP contribution is 2.41. The molecule has 1 aliphatic rings. The summed E-state index contributed by atoms with van der Waals surface area (Å²) in [5, 5.41) is 2.70. The van der Waals surface area contributed by atoms with Crippen LogP contribution in [0.3, 0.4) is 0 Å². The fourth-order valence-corrected chi connectivity index (χ4v) is 3.21. The van der Waals surface area contributed by atoms with E-state index in [4.69, 9.17) is 9.47 Å². The molecule has 0 spiro atoms. The molecule has 154 valence electrons. The Kier molecular flexibility index (Phi) is 5.63. The number of carbonyl (C=O) groups excluding carboxylic acids is 1. The van der Waals surface area contributed by atoms with Crippen molar-refractivity contribution in [3.05, 3.63) is 62.4 Å². The topological polar surface area (TPSA) is 91.6 Å². The van der Waals surface area contributed by atoms with Crippen LogP contribution < -0.4 is 26.0 Å². The van der Waals surface area contributed by atoms with Crippen LogP contribution in [0, 0.1) is 0 Å². The van der Waals surface area contributed by atoms with Gasteiger partial charge in [-0.25, -0.2) is 4.79 Å². The predicted molar refractivity (Wildman–Crippen MR) is 109 cm³/mol. The lowest BCUT2D eigenvalue weighted by molar-refractivity contribution is -0.116. The molecular weight excluding hydrogens is 374 g/mol. The highest BCUT2D eigenvalue weighted by Gasteiger charge is 2.32. The zero-order chi connectivity index (χ0) is 21.2. The number of amides is 1. The monoisotopic (exact) mass is 399 g/mol. The van der Waals surface area contributed by atoms with Crippen LogP contribution in [-0.4, -0.2) is 33.8 Å². The lowest BCUT2D eigenvalue weighted by atomic mass is 10.0. The quantitative estimate of drug-likeness (QED) is 0.578. The maximum absolute atomic E-state index is 12.0. The van der Waals surface area contributed by atoms with Crippen molar-refractivity contribution in [2.24, 2.45) is 14.1 Å². The standard InChI is InChI=1S/C21H25N3O5/c1-21(2)12-14-6-5-7-16(18(14)29-21)28-11-10-22-17(25)9-8-15-13-23(3)20(27)24(4)19(15)26/h5-9,13H,10-12H2,1-4H3,(H,22,25)/b9-8+. The number of aromatic nitrogens is 2. The van der Waals surface area contributed by atoms with Crippen LogP contribution in [0.1, 0.15) is 25.0 Å². The van der Waals surface area contributed by atoms with Gasteiger partial charge in [-0.05, 0) is 26.0 Å². The Hall–Kier alpha value is -3.29. The van der Waals surface area contributed by atoms with Crippen molar-refractivity contribution in [1.29, 1.82) is 0 Å². The average Bonchev–Trinajstić information content (AvgIpc) is 3.00. The minimum Gasteiger partial charge on any atom is -0.488 e. The molecule has 1 aliphatic heterocycles. The van der Waals surface area contributed by atoms with Crippen molar-refractivity contribution < 1.29 is 14.3 Å². The maximum Gasteiger partial charge on any atom is 0.330 e. The van der Waals surface area contributed by atoms with Gasteiger partial charge in [-0.3, -0.25) is 14.2 Å². The summed E-state index contributed by atoms with van der Waals surface area (Å²) in [6, 6.07) is 5.79. The highest BCUT2D eigenvalue weighted by molar-refractivity contribution is 5.91. The molecule has 1 aromatic heterocycles. The number of para-hydroxylation sites is 1. The molecule has 3 rings (SSSR count). The van der Waals surface area contributed by atoms with Gasteiger partial charge in [0, 0.05) is 38.4 Å². The highest BCUT2D eigenvalue weighted by atomic mass is 16.5. The Bertz CT molecular complexity index is 1080. The molecule has 1 amide bonds. The lowest BCUT2D eigenvalue weighted by Gasteiger charge is -2.18. The van der Waals surface area contributed by atoms with E-state index in [1.165, 1.54) is 30.0 Å². The van der Waals surface area contributed by atoms with Crippen molar-refractivity contribution in [2.45, 2.75) is 25.9 Å². The smallest absolute Gasteiger partial charge is 0.330 e. The minimum absolute atomic E-state index is 0.251. The third-order valence-electron chi connectivity index (χ3n) is 4.60. The number of ether oxygens (including phenoxy) is 2. The number of fused-ring (bicyclic) bond motifs is 1. The normalized spacial score (nSPS) is 14.5. The van der Waals surface area contributed by atoms with Gasteiger partial charge in [0.25, 0.3) is 5.56 Å². The number of carbonyl (C=O) groups is 1. The van der Waals surface area contributed by atoms with Gasteiger partial charge in [-0.1, -0.05) is 12.1 Å². The van der Waals surface area contributed by atoms with Crippen molar-refractivity contribution in [3.63, 3.8) is 0 Å². The van der Waals surface area contributed by atoms with Crippen LogP contribution in [0.4, 0.5) is 0 Å². The van der Waals surface area contributed by atoms with E-state index in [2.05, 4.69) is 5.32 Å². The molecule has 0 radical (unpaired) electrons. The second-order valence-electron chi connectivity index (χ2n) is 7.60. The summed E-state index contributed by atoms with van der Waals surface area (Å²) < 4.78 is 14.0. The molecule has 0 saturated carbocycles. The first-order chi connectivity index (χ1) is 13.7. The molecule has 0 bridgehead atoms. The number of aryl methyl sites for hydroxylation is 1. The Morgan fingerprint density at radius 3 is 2.83 bits per heavy atom. The third kappa shape index (κ3) is 4.59. The van der Waals surface area contributed by atoms with E-state index >= 15 is 0 Å². The second kappa shape index (κ2) is 7.98. The number of benzene rings is 1. The molecule has 0 aliphatic carbocycles. The van der Waals surface area contributed by atoms with Gasteiger partial charge in [0.05, 0.1) is 12.1 Å². The maximum atomic E-state index is 12.0. The van der Waals surface area contributed by atoms with Crippen molar-refractivity contribution >= 4 is 12.0 Å². The van der Waals surface area contributed by atoms with E-state index in [1.807, 2.05) is 32.0 Å². The minimum atomic E-state index is -0.457. The molecule has 1 aromatic carbocycles. The van der Waals surface area contributed by atoms with Crippen LogP contribution in [0.2, 0.25) is 0 Å². The summed E-state index contributed by atoms with van der Waals surface area (Å²) in [5.41, 5.74) is 0.229. The fraction of sp³-hybridized carbons (Fsp3) is 0.381. The molecule has 0 fully saturated rings. The summed E-state index contributed by atoms with van der Waals surface area (Å²) in [5.74, 6) is 1.06. The Morgan fingerprint density at radius 2 is 2.07 bits per heavy atom. The third-order valence-corrected chi connectivity index (χ3v) is 4.60. The summed E-state index contributed by atoms with van der Waals surface area (Å²) in [6.45, 7) is 4.63. The van der Waals surface area contributed by atoms with Gasteiger partial charge in [0.1, 0.15) is 12.2 Å². The Labute approximate surface area is 168 Å². The number of nitrogens with zero attached hydrogens (tertiary/aromatic N) is 2. The SMILES string of the molecule is Cn1cc(/C=C/C(=O)NCCOc2cccc3c2OC(C)(C)C3)c(=O)n(C)c1=O. The summed E-state index contributed by atoms with van der Waals surface area (Å²) >= 11 is 0. The van der Waals surface area contributed by atoms with Gasteiger partial charge in [-0.2, -0.15) is 0 Å². The molecule has 1 N–H and O–H groups in total. The lowest BCUT2D eigenvalue weighted by Crippen LogP contribution is -2.37. The zero-order valence-corrected chi connectivity index (χ0v) is 17.0. The molecule has 2 aromatic rings. The van der Waals surface area contributed by atoms with E-state index in [0.717, 1.165) is 22.3 Å². The molecule has 8 heteroatoms.